The summed E-state index contributed by atoms with van der Waals surface area (Å²) in [5.41, 5.74) is 3.80. The van der Waals surface area contributed by atoms with E-state index >= 15 is 0 Å². The predicted octanol–water partition coefficient (Wildman–Crippen LogP) is 4.74. The summed E-state index contributed by atoms with van der Waals surface area (Å²) < 4.78 is 1.75. The maximum absolute atomic E-state index is 13.8. The monoisotopic (exact) mass is 465 g/mol. The second-order valence-electron chi connectivity index (χ2n) is 9.55. The zero-order chi connectivity index (χ0) is 23.9. The van der Waals surface area contributed by atoms with Gasteiger partial charge in [0.25, 0.3) is 5.91 Å². The number of aromatic nitrogens is 4. The second kappa shape index (κ2) is 8.73. The Labute approximate surface area is 203 Å². The summed E-state index contributed by atoms with van der Waals surface area (Å²) in [5.74, 6) is 1.20. The number of pyridine rings is 2. The lowest BCUT2D eigenvalue weighted by molar-refractivity contribution is 0.0651. The van der Waals surface area contributed by atoms with Crippen molar-refractivity contribution in [2.24, 2.45) is 5.92 Å². The third kappa shape index (κ3) is 4.01. The fourth-order valence-corrected chi connectivity index (χ4v) is 5.06. The predicted molar refractivity (Wildman–Crippen MR) is 133 cm³/mol. The summed E-state index contributed by atoms with van der Waals surface area (Å²) in [5, 5.41) is 5.50. The molecule has 2 fully saturated rings. The van der Waals surface area contributed by atoms with Crippen LogP contribution in [0.1, 0.15) is 63.7 Å². The third-order valence-electron chi connectivity index (χ3n) is 7.14. The van der Waals surface area contributed by atoms with E-state index in [0.717, 1.165) is 35.2 Å². The largest absolute Gasteiger partial charge is 0.339 e. The quantitative estimate of drug-likeness (QED) is 0.398. The van der Waals surface area contributed by atoms with E-state index < -0.39 is 0 Å². The number of fused-ring (bicyclic) bond motifs is 1. The molecule has 7 nitrogen and oxygen atoms in total. The number of carbonyl (C=O) groups is 2. The van der Waals surface area contributed by atoms with Gasteiger partial charge in [-0.3, -0.25) is 9.59 Å². The van der Waals surface area contributed by atoms with Crippen LogP contribution in [0.2, 0.25) is 0 Å². The Morgan fingerprint density at radius 2 is 1.69 bits per heavy atom. The minimum atomic E-state index is -0.0467. The third-order valence-corrected chi connectivity index (χ3v) is 7.14. The van der Waals surface area contributed by atoms with Gasteiger partial charge >= 0.3 is 0 Å². The van der Waals surface area contributed by atoms with Crippen LogP contribution in [0, 0.1) is 12.8 Å². The average molecular weight is 466 g/mol. The van der Waals surface area contributed by atoms with Crippen molar-refractivity contribution in [3.63, 3.8) is 0 Å². The van der Waals surface area contributed by atoms with Gasteiger partial charge in [0.1, 0.15) is 0 Å². The molecule has 35 heavy (non-hydrogen) atoms. The van der Waals surface area contributed by atoms with Gasteiger partial charge < -0.3 is 4.90 Å². The highest BCUT2D eigenvalue weighted by Gasteiger charge is 2.32. The van der Waals surface area contributed by atoms with Crippen molar-refractivity contribution < 1.29 is 9.59 Å². The van der Waals surface area contributed by atoms with Crippen LogP contribution in [-0.2, 0) is 0 Å². The number of benzene rings is 1. The van der Waals surface area contributed by atoms with Gasteiger partial charge in [0.05, 0.1) is 16.6 Å². The molecule has 1 saturated carbocycles. The highest BCUT2D eigenvalue weighted by atomic mass is 16.2. The second-order valence-corrected chi connectivity index (χ2v) is 9.55. The number of likely N-dealkylation sites (tertiary alicyclic amines) is 1. The van der Waals surface area contributed by atoms with Gasteiger partial charge in [0.2, 0.25) is 0 Å². The number of rotatable bonds is 5. The maximum Gasteiger partial charge on any atom is 0.254 e. The Morgan fingerprint density at radius 1 is 0.943 bits per heavy atom. The van der Waals surface area contributed by atoms with E-state index in [1.165, 1.54) is 0 Å². The Morgan fingerprint density at radius 3 is 2.37 bits per heavy atom. The van der Waals surface area contributed by atoms with Gasteiger partial charge in [0, 0.05) is 42.4 Å². The minimum absolute atomic E-state index is 0.00594. The fourth-order valence-electron chi connectivity index (χ4n) is 5.06. The normalized spacial score (nSPS) is 16.5. The zero-order valence-electron chi connectivity index (χ0n) is 19.7. The Hall–Kier alpha value is -3.87. The van der Waals surface area contributed by atoms with Crippen LogP contribution in [0.4, 0.5) is 0 Å². The number of carbonyl (C=O) groups excluding carboxylic acids is 2. The first-order chi connectivity index (χ1) is 17.1. The maximum atomic E-state index is 13.8. The standard InChI is InChI=1S/C28H27N5O2/c1-18-25-22(28(35)32-15-12-21(13-16-32)26(34)20-7-3-2-4-8-20)17-23(19-10-11-19)30-27(25)33(31-18)24-9-5-6-14-29-24/h2-9,14,17,19,21H,10-13,15-16H2,1H3. The van der Waals surface area contributed by atoms with Crippen molar-refractivity contribution in [1.82, 2.24) is 24.6 Å². The number of ketones is 1. The zero-order valence-corrected chi connectivity index (χ0v) is 19.7. The molecule has 1 aliphatic heterocycles. The Kier molecular flexibility index (Phi) is 5.40. The lowest BCUT2D eigenvalue weighted by Crippen LogP contribution is -2.40. The molecule has 4 aromatic rings. The molecule has 4 heterocycles. The van der Waals surface area contributed by atoms with Crippen LogP contribution < -0.4 is 0 Å². The molecule has 0 spiro atoms. The van der Waals surface area contributed by atoms with Crippen LogP contribution in [0.5, 0.6) is 0 Å². The van der Waals surface area contributed by atoms with E-state index in [1.54, 1.807) is 10.9 Å². The number of amides is 1. The number of piperidine rings is 1. The average Bonchev–Trinajstić information content (AvgIpc) is 3.72. The smallest absolute Gasteiger partial charge is 0.254 e. The highest BCUT2D eigenvalue weighted by molar-refractivity contribution is 6.07. The van der Waals surface area contributed by atoms with Gasteiger partial charge in [-0.05, 0) is 50.8 Å². The van der Waals surface area contributed by atoms with Gasteiger partial charge in [-0.1, -0.05) is 36.4 Å². The van der Waals surface area contributed by atoms with E-state index in [2.05, 4.69) is 4.98 Å². The fraction of sp³-hybridized carbons (Fsp3) is 0.321. The van der Waals surface area contributed by atoms with E-state index in [0.29, 0.717) is 48.9 Å². The summed E-state index contributed by atoms with van der Waals surface area (Å²) in [6.45, 7) is 3.05. The Bertz CT molecular complexity index is 1400. The number of Topliss-reactive ketones (excluding diaryl/α,β-unsaturated/α-hetero) is 1. The number of hydrogen-bond donors (Lipinski definition) is 0. The molecule has 7 heteroatoms. The molecule has 2 aliphatic rings. The van der Waals surface area contributed by atoms with E-state index in [-0.39, 0.29) is 17.6 Å². The molecule has 1 aliphatic carbocycles. The molecular weight excluding hydrogens is 438 g/mol. The van der Waals surface area contributed by atoms with Crippen LogP contribution in [0.25, 0.3) is 16.9 Å². The summed E-state index contributed by atoms with van der Waals surface area (Å²) >= 11 is 0. The number of nitrogens with zero attached hydrogens (tertiary/aromatic N) is 5. The first-order valence-electron chi connectivity index (χ1n) is 12.3. The topological polar surface area (TPSA) is 81.0 Å². The first kappa shape index (κ1) is 21.6. The molecule has 0 atom stereocenters. The van der Waals surface area contributed by atoms with Crippen LogP contribution in [0.3, 0.4) is 0 Å². The van der Waals surface area contributed by atoms with E-state index in [1.807, 2.05) is 66.4 Å². The highest BCUT2D eigenvalue weighted by Crippen LogP contribution is 2.41. The van der Waals surface area contributed by atoms with Crippen LogP contribution in [-0.4, -0.2) is 49.4 Å². The van der Waals surface area contributed by atoms with Crippen molar-refractivity contribution in [3.05, 3.63) is 83.3 Å². The molecule has 0 radical (unpaired) electrons. The van der Waals surface area contributed by atoms with Gasteiger partial charge in [-0.15, -0.1) is 0 Å². The van der Waals surface area contributed by atoms with Crippen molar-refractivity contribution in [2.75, 3.05) is 13.1 Å². The number of hydrogen-bond acceptors (Lipinski definition) is 5. The molecule has 176 valence electrons. The van der Waals surface area contributed by atoms with Crippen molar-refractivity contribution >= 4 is 22.7 Å². The Balaban J connectivity index is 1.31. The lowest BCUT2D eigenvalue weighted by Gasteiger charge is -2.31. The summed E-state index contributed by atoms with van der Waals surface area (Å²) in [4.78, 5) is 38.0. The van der Waals surface area contributed by atoms with Crippen molar-refractivity contribution in [1.29, 1.82) is 0 Å². The molecule has 1 aromatic carbocycles. The van der Waals surface area contributed by atoms with Gasteiger partial charge in [-0.2, -0.15) is 9.78 Å². The van der Waals surface area contributed by atoms with Crippen molar-refractivity contribution in [2.45, 2.75) is 38.5 Å². The molecule has 1 amide bonds. The minimum Gasteiger partial charge on any atom is -0.339 e. The SMILES string of the molecule is Cc1nn(-c2ccccn2)c2nc(C3CC3)cc(C(=O)N3CCC(C(=O)c4ccccc4)CC3)c12. The van der Waals surface area contributed by atoms with E-state index in [4.69, 9.17) is 10.1 Å². The molecule has 1 saturated heterocycles. The van der Waals surface area contributed by atoms with Gasteiger partial charge in [0.15, 0.2) is 17.2 Å². The summed E-state index contributed by atoms with van der Waals surface area (Å²) in [6.07, 6.45) is 5.27. The molecule has 6 rings (SSSR count). The number of aryl methyl sites for hydroxylation is 1. The van der Waals surface area contributed by atoms with Gasteiger partial charge in [-0.25, -0.2) is 9.97 Å². The molecule has 0 bridgehead atoms. The molecule has 0 unspecified atom stereocenters. The van der Waals surface area contributed by atoms with Crippen molar-refractivity contribution in [3.8, 4) is 5.82 Å². The summed E-state index contributed by atoms with van der Waals surface area (Å²) in [7, 11) is 0. The molecule has 3 aromatic heterocycles. The van der Waals surface area contributed by atoms with Crippen LogP contribution in [0.15, 0.2) is 60.8 Å². The van der Waals surface area contributed by atoms with E-state index in [9.17, 15) is 9.59 Å². The first-order valence-corrected chi connectivity index (χ1v) is 12.3. The lowest BCUT2D eigenvalue weighted by atomic mass is 9.88. The van der Waals surface area contributed by atoms with Crippen LogP contribution >= 0.6 is 0 Å². The molecule has 0 N–H and O–H groups in total. The molecular formula is C28H27N5O2. The summed E-state index contributed by atoms with van der Waals surface area (Å²) in [6, 6.07) is 17.1.